The molecule has 1 aromatic carbocycles. The molecule has 0 radical (unpaired) electrons. The highest BCUT2D eigenvalue weighted by atomic mass is 16.5. The van der Waals surface area contributed by atoms with Crippen LogP contribution in [0.15, 0.2) is 24.3 Å². The smallest absolute Gasteiger partial charge is 0.293 e. The van der Waals surface area contributed by atoms with Crippen molar-refractivity contribution in [3.8, 4) is 5.75 Å². The van der Waals surface area contributed by atoms with Crippen LogP contribution in [0.3, 0.4) is 0 Å². The Morgan fingerprint density at radius 1 is 1.33 bits per heavy atom. The van der Waals surface area contributed by atoms with Gasteiger partial charge in [-0.05, 0) is 43.6 Å². The van der Waals surface area contributed by atoms with Crippen LogP contribution in [0, 0.1) is 0 Å². The maximum absolute atomic E-state index is 11.9. The van der Waals surface area contributed by atoms with Gasteiger partial charge in [-0.25, -0.2) is 0 Å². The molecule has 1 amide bonds. The fourth-order valence-corrected chi connectivity index (χ4v) is 2.66. The minimum atomic E-state index is -0.430. The maximum atomic E-state index is 11.9. The Bertz CT molecular complexity index is 481. The lowest BCUT2D eigenvalue weighted by molar-refractivity contribution is -0.138. The van der Waals surface area contributed by atoms with Gasteiger partial charge in [0.2, 0.25) is 0 Å². The molecular formula is C15H20N2O4. The molecule has 1 aliphatic rings. The molecule has 0 unspecified atom stereocenters. The van der Waals surface area contributed by atoms with Crippen molar-refractivity contribution in [1.82, 2.24) is 10.6 Å². The van der Waals surface area contributed by atoms with Crippen molar-refractivity contribution in [2.45, 2.75) is 18.4 Å². The Balaban J connectivity index is 2.19. The Kier molecular flexibility index (Phi) is 5.16. The third kappa shape index (κ3) is 3.72. The van der Waals surface area contributed by atoms with E-state index in [4.69, 9.17) is 4.74 Å². The fraction of sp³-hybridized carbons (Fsp3) is 0.467. The van der Waals surface area contributed by atoms with Gasteiger partial charge in [-0.2, -0.15) is 0 Å². The number of nitrogens with one attached hydrogen (secondary N) is 2. The van der Waals surface area contributed by atoms with Crippen molar-refractivity contribution in [2.24, 2.45) is 0 Å². The molecule has 2 rings (SSSR count). The number of carbonyl (C=O) groups excluding carboxylic acids is 2. The number of ether oxygens (including phenoxy) is 2. The van der Waals surface area contributed by atoms with Crippen LogP contribution in [0.25, 0.3) is 0 Å². The molecule has 2 N–H and O–H groups in total. The zero-order valence-electron chi connectivity index (χ0n) is 12.1. The SMILES string of the molecule is COc1ccc(C2(NC(=O)COC=O)CCNCC2)cc1. The summed E-state index contributed by atoms with van der Waals surface area (Å²) < 4.78 is 9.69. The second-order valence-corrected chi connectivity index (χ2v) is 5.02. The second kappa shape index (κ2) is 7.08. The van der Waals surface area contributed by atoms with Crippen LogP contribution in [-0.4, -0.2) is 39.2 Å². The van der Waals surface area contributed by atoms with Crippen molar-refractivity contribution in [3.05, 3.63) is 29.8 Å². The summed E-state index contributed by atoms with van der Waals surface area (Å²) in [4.78, 5) is 22.1. The third-order valence-corrected chi connectivity index (χ3v) is 3.76. The molecule has 0 aliphatic carbocycles. The summed E-state index contributed by atoms with van der Waals surface area (Å²) in [7, 11) is 1.62. The average Bonchev–Trinajstić information content (AvgIpc) is 2.54. The molecule has 0 atom stereocenters. The Labute approximate surface area is 123 Å². The van der Waals surface area contributed by atoms with Gasteiger partial charge in [-0.3, -0.25) is 9.59 Å². The maximum Gasteiger partial charge on any atom is 0.293 e. The van der Waals surface area contributed by atoms with E-state index >= 15 is 0 Å². The normalized spacial score (nSPS) is 16.8. The minimum Gasteiger partial charge on any atom is -0.497 e. The van der Waals surface area contributed by atoms with Crippen molar-refractivity contribution < 1.29 is 19.1 Å². The summed E-state index contributed by atoms with van der Waals surface area (Å²) in [5.41, 5.74) is 0.602. The van der Waals surface area contributed by atoms with E-state index in [-0.39, 0.29) is 19.0 Å². The van der Waals surface area contributed by atoms with Gasteiger partial charge in [0.05, 0.1) is 12.6 Å². The molecule has 0 aromatic heterocycles. The Morgan fingerprint density at radius 3 is 2.57 bits per heavy atom. The minimum absolute atomic E-state index is 0.255. The number of rotatable bonds is 6. The topological polar surface area (TPSA) is 76.7 Å². The van der Waals surface area contributed by atoms with Crippen molar-refractivity contribution >= 4 is 12.4 Å². The quantitative estimate of drug-likeness (QED) is 0.749. The summed E-state index contributed by atoms with van der Waals surface area (Å²) >= 11 is 0. The number of benzene rings is 1. The van der Waals surface area contributed by atoms with E-state index in [1.807, 2.05) is 24.3 Å². The number of amides is 1. The van der Waals surface area contributed by atoms with Gasteiger partial charge in [0.1, 0.15) is 5.75 Å². The molecule has 0 saturated carbocycles. The number of methoxy groups -OCH3 is 1. The van der Waals surface area contributed by atoms with E-state index in [0.717, 1.165) is 37.2 Å². The van der Waals surface area contributed by atoms with Crippen molar-refractivity contribution in [2.75, 3.05) is 26.8 Å². The van der Waals surface area contributed by atoms with Gasteiger partial charge in [0, 0.05) is 0 Å². The van der Waals surface area contributed by atoms with E-state index in [0.29, 0.717) is 0 Å². The first-order valence-corrected chi connectivity index (χ1v) is 6.92. The molecule has 6 nitrogen and oxygen atoms in total. The molecule has 0 spiro atoms. The zero-order valence-corrected chi connectivity index (χ0v) is 12.1. The van der Waals surface area contributed by atoms with Crippen LogP contribution in [0.5, 0.6) is 5.75 Å². The van der Waals surface area contributed by atoms with Gasteiger partial charge in [0.15, 0.2) is 6.61 Å². The predicted molar refractivity (Wildman–Crippen MR) is 76.9 cm³/mol. The van der Waals surface area contributed by atoms with Gasteiger partial charge in [-0.1, -0.05) is 12.1 Å². The van der Waals surface area contributed by atoms with Crippen LogP contribution >= 0.6 is 0 Å². The van der Waals surface area contributed by atoms with Gasteiger partial charge < -0.3 is 20.1 Å². The number of hydrogen-bond acceptors (Lipinski definition) is 5. The van der Waals surface area contributed by atoms with Gasteiger partial charge in [-0.15, -0.1) is 0 Å². The molecule has 6 heteroatoms. The monoisotopic (exact) mass is 292 g/mol. The Morgan fingerprint density at radius 2 is 2.00 bits per heavy atom. The summed E-state index contributed by atoms with van der Waals surface area (Å²) in [6.45, 7) is 1.67. The van der Waals surface area contributed by atoms with E-state index in [1.54, 1.807) is 7.11 Å². The van der Waals surface area contributed by atoms with Gasteiger partial charge in [0.25, 0.3) is 12.4 Å². The lowest BCUT2D eigenvalue weighted by atomic mass is 9.81. The van der Waals surface area contributed by atoms with E-state index in [9.17, 15) is 9.59 Å². The highest BCUT2D eigenvalue weighted by Gasteiger charge is 2.35. The van der Waals surface area contributed by atoms with E-state index < -0.39 is 5.54 Å². The average molecular weight is 292 g/mol. The van der Waals surface area contributed by atoms with Crippen LogP contribution < -0.4 is 15.4 Å². The molecule has 1 aliphatic heterocycles. The molecule has 1 heterocycles. The largest absolute Gasteiger partial charge is 0.497 e. The number of piperidine rings is 1. The molecule has 21 heavy (non-hydrogen) atoms. The number of carbonyl (C=O) groups is 2. The van der Waals surface area contributed by atoms with Crippen LogP contribution in [0.2, 0.25) is 0 Å². The van der Waals surface area contributed by atoms with Crippen molar-refractivity contribution in [1.29, 1.82) is 0 Å². The highest BCUT2D eigenvalue weighted by Crippen LogP contribution is 2.31. The fourth-order valence-electron chi connectivity index (χ4n) is 2.66. The lowest BCUT2D eigenvalue weighted by Crippen LogP contribution is -2.53. The highest BCUT2D eigenvalue weighted by molar-refractivity contribution is 5.79. The standard InChI is InChI=1S/C15H20N2O4/c1-20-13-4-2-12(3-5-13)15(6-8-16-9-7-15)17-14(19)10-21-11-18/h2-5,11,16H,6-10H2,1H3,(H,17,19). The van der Waals surface area contributed by atoms with E-state index in [1.165, 1.54) is 0 Å². The van der Waals surface area contributed by atoms with Crippen LogP contribution in [0.1, 0.15) is 18.4 Å². The predicted octanol–water partition coefficient (Wildman–Crippen LogP) is 0.563. The first-order valence-electron chi connectivity index (χ1n) is 6.92. The molecule has 114 valence electrons. The number of hydrogen-bond donors (Lipinski definition) is 2. The first-order chi connectivity index (χ1) is 10.2. The van der Waals surface area contributed by atoms with E-state index in [2.05, 4.69) is 15.4 Å². The molecule has 1 aromatic rings. The molecule has 1 saturated heterocycles. The Hall–Kier alpha value is -2.08. The molecular weight excluding hydrogens is 272 g/mol. The molecule has 0 bridgehead atoms. The van der Waals surface area contributed by atoms with Crippen LogP contribution in [-0.2, 0) is 19.9 Å². The lowest BCUT2D eigenvalue weighted by Gasteiger charge is -2.39. The van der Waals surface area contributed by atoms with Gasteiger partial charge >= 0.3 is 0 Å². The summed E-state index contributed by atoms with van der Waals surface area (Å²) in [6.07, 6.45) is 1.57. The second-order valence-electron chi connectivity index (χ2n) is 5.02. The van der Waals surface area contributed by atoms with Crippen molar-refractivity contribution in [3.63, 3.8) is 0 Å². The molecule has 1 fully saturated rings. The summed E-state index contributed by atoms with van der Waals surface area (Å²) in [5, 5.41) is 6.30. The first kappa shape index (κ1) is 15.3. The van der Waals surface area contributed by atoms with Crippen LogP contribution in [0.4, 0.5) is 0 Å². The summed E-state index contributed by atoms with van der Waals surface area (Å²) in [5.74, 6) is 0.485. The zero-order chi connectivity index (χ0) is 15.1. The third-order valence-electron chi connectivity index (χ3n) is 3.76. The summed E-state index contributed by atoms with van der Waals surface area (Å²) in [6, 6.07) is 7.69.